The molecule has 2 fully saturated rings. The van der Waals surface area contributed by atoms with E-state index in [0.717, 1.165) is 50.5 Å². The van der Waals surface area contributed by atoms with Crippen molar-refractivity contribution in [3.63, 3.8) is 0 Å². The Morgan fingerprint density at radius 1 is 1.24 bits per heavy atom. The van der Waals surface area contributed by atoms with E-state index >= 15 is 0 Å². The number of nitrogens with one attached hydrogen (secondary N) is 2. The number of amides is 1. The number of hydrogen-bond donors (Lipinski definition) is 3. The minimum atomic E-state index is -0.0724. The van der Waals surface area contributed by atoms with E-state index in [9.17, 15) is 4.79 Å². The molecule has 0 spiro atoms. The zero-order valence-corrected chi connectivity index (χ0v) is 18.3. The van der Waals surface area contributed by atoms with Crippen LogP contribution in [-0.2, 0) is 6.42 Å². The molecule has 1 aromatic heterocycles. The lowest BCUT2D eigenvalue weighted by Crippen LogP contribution is -2.43. The van der Waals surface area contributed by atoms with E-state index in [0.29, 0.717) is 16.0 Å². The fourth-order valence-corrected chi connectivity index (χ4v) is 5.14. The highest BCUT2D eigenvalue weighted by Gasteiger charge is 2.39. The Hall–Kier alpha value is -1.17. The van der Waals surface area contributed by atoms with Crippen molar-refractivity contribution in [1.82, 2.24) is 15.6 Å². The zero-order chi connectivity index (χ0) is 19.8. The molecule has 3 N–H and O–H groups in total. The highest BCUT2D eigenvalue weighted by atomic mass is 35.5. The maximum Gasteiger partial charge on any atom is 0.252 e. The van der Waals surface area contributed by atoms with Crippen molar-refractivity contribution in [2.24, 2.45) is 11.3 Å². The molecule has 1 heterocycles. The van der Waals surface area contributed by atoms with Gasteiger partial charge in [0.2, 0.25) is 0 Å². The molecule has 0 atom stereocenters. The van der Waals surface area contributed by atoms with Crippen LogP contribution in [0.4, 0.5) is 0 Å². The number of fused-ring (bicyclic) bond motifs is 2. The predicted octanol–water partition coefficient (Wildman–Crippen LogP) is 4.06. The van der Waals surface area contributed by atoms with Crippen molar-refractivity contribution in [1.29, 1.82) is 0 Å². The lowest BCUT2D eigenvalue weighted by molar-refractivity contribution is 0.0681. The van der Waals surface area contributed by atoms with Crippen molar-refractivity contribution in [2.45, 2.75) is 64.2 Å². The zero-order valence-electron chi connectivity index (χ0n) is 17.5. The van der Waals surface area contributed by atoms with E-state index in [1.807, 2.05) is 6.07 Å². The van der Waals surface area contributed by atoms with Gasteiger partial charge in [0.15, 0.2) is 0 Å². The first-order valence-electron chi connectivity index (χ1n) is 10.9. The molecule has 0 aromatic carbocycles. The SMILES string of the molecule is O=C(NCC12CCCC(CCC1)C2)c1cc(CCCNCCCO)ncc1Cl.[CH2]. The Morgan fingerprint density at radius 2 is 1.97 bits per heavy atom. The van der Waals surface area contributed by atoms with E-state index in [2.05, 4.69) is 15.6 Å². The summed E-state index contributed by atoms with van der Waals surface area (Å²) in [7, 11) is 0. The normalized spacial score (nSPS) is 23.3. The lowest BCUT2D eigenvalue weighted by Gasteiger charge is -2.45. The van der Waals surface area contributed by atoms with Gasteiger partial charge in [0.05, 0.1) is 10.6 Å². The minimum Gasteiger partial charge on any atom is -0.396 e. The summed E-state index contributed by atoms with van der Waals surface area (Å²) < 4.78 is 0. The van der Waals surface area contributed by atoms with Crippen LogP contribution in [0.2, 0.25) is 5.02 Å². The van der Waals surface area contributed by atoms with Gasteiger partial charge in [-0.05, 0) is 69.0 Å². The van der Waals surface area contributed by atoms with E-state index in [1.165, 1.54) is 44.9 Å². The van der Waals surface area contributed by atoms with Crippen LogP contribution in [0.1, 0.15) is 73.8 Å². The number of aliphatic hydroxyl groups is 1. The first-order valence-corrected chi connectivity index (χ1v) is 11.2. The number of hydrogen-bond acceptors (Lipinski definition) is 4. The lowest BCUT2D eigenvalue weighted by atomic mass is 9.62. The van der Waals surface area contributed by atoms with Crippen LogP contribution in [-0.4, -0.2) is 42.2 Å². The summed E-state index contributed by atoms with van der Waals surface area (Å²) in [5.41, 5.74) is 1.74. The molecule has 3 rings (SSSR count). The Bertz CT molecular complexity index is 643. The number of halogens is 1. The molecule has 162 valence electrons. The fourth-order valence-electron chi connectivity index (χ4n) is 4.95. The van der Waals surface area contributed by atoms with Crippen molar-refractivity contribution in [2.75, 3.05) is 26.2 Å². The summed E-state index contributed by atoms with van der Waals surface area (Å²) in [6, 6.07) is 1.84. The summed E-state index contributed by atoms with van der Waals surface area (Å²) in [4.78, 5) is 17.2. The van der Waals surface area contributed by atoms with Gasteiger partial charge in [-0.25, -0.2) is 0 Å². The predicted molar refractivity (Wildman–Crippen MR) is 118 cm³/mol. The monoisotopic (exact) mass is 421 g/mol. The van der Waals surface area contributed by atoms with Crippen LogP contribution >= 0.6 is 11.6 Å². The fraction of sp³-hybridized carbons (Fsp3) is 0.696. The minimum absolute atomic E-state index is 0. The molecule has 2 radical (unpaired) electrons. The van der Waals surface area contributed by atoms with E-state index < -0.39 is 0 Å². The number of aliphatic hydroxyl groups excluding tert-OH is 1. The molecule has 2 saturated carbocycles. The van der Waals surface area contributed by atoms with E-state index in [1.54, 1.807) is 6.20 Å². The molecule has 0 unspecified atom stereocenters. The molecule has 2 aliphatic rings. The number of rotatable bonds is 10. The molecule has 29 heavy (non-hydrogen) atoms. The average Bonchev–Trinajstić information content (AvgIpc) is 2.70. The summed E-state index contributed by atoms with van der Waals surface area (Å²) in [5, 5.41) is 15.7. The van der Waals surface area contributed by atoms with Gasteiger partial charge in [0, 0.05) is 25.0 Å². The molecule has 5 nitrogen and oxygen atoms in total. The molecule has 2 bridgehead atoms. The van der Waals surface area contributed by atoms with Gasteiger partial charge in [-0.2, -0.15) is 0 Å². The third-order valence-corrected chi connectivity index (χ3v) is 6.74. The third kappa shape index (κ3) is 6.94. The molecule has 1 amide bonds. The van der Waals surface area contributed by atoms with Gasteiger partial charge >= 0.3 is 0 Å². The van der Waals surface area contributed by atoms with Crippen molar-refractivity contribution < 1.29 is 9.90 Å². The summed E-state index contributed by atoms with van der Waals surface area (Å²) in [5.74, 6) is 0.790. The Balaban J connectivity index is 0.00000300. The van der Waals surface area contributed by atoms with Gasteiger partial charge in [-0.3, -0.25) is 9.78 Å². The number of carbonyl (C=O) groups excluding carboxylic acids is 1. The van der Waals surface area contributed by atoms with Crippen LogP contribution in [0.3, 0.4) is 0 Å². The first-order chi connectivity index (χ1) is 13.6. The number of aryl methyl sites for hydroxylation is 1. The average molecular weight is 422 g/mol. The quantitative estimate of drug-likeness (QED) is 0.498. The second kappa shape index (κ2) is 11.9. The molecular weight excluding hydrogens is 386 g/mol. The van der Waals surface area contributed by atoms with Crippen LogP contribution in [0, 0.1) is 18.8 Å². The van der Waals surface area contributed by atoms with Crippen LogP contribution in [0.5, 0.6) is 0 Å². The van der Waals surface area contributed by atoms with E-state index in [-0.39, 0.29) is 19.9 Å². The maximum absolute atomic E-state index is 12.8. The Labute approximate surface area is 181 Å². The van der Waals surface area contributed by atoms with Crippen molar-refractivity contribution in [3.8, 4) is 0 Å². The third-order valence-electron chi connectivity index (χ3n) is 6.44. The number of pyridine rings is 1. The molecule has 0 saturated heterocycles. The van der Waals surface area contributed by atoms with Gasteiger partial charge in [0.25, 0.3) is 5.91 Å². The largest absolute Gasteiger partial charge is 0.396 e. The molecule has 2 aliphatic carbocycles. The smallest absolute Gasteiger partial charge is 0.252 e. The Morgan fingerprint density at radius 3 is 2.69 bits per heavy atom. The van der Waals surface area contributed by atoms with Gasteiger partial charge in [0.1, 0.15) is 0 Å². The highest BCUT2D eigenvalue weighted by Crippen LogP contribution is 2.48. The summed E-state index contributed by atoms with van der Waals surface area (Å²) in [6.45, 7) is 2.67. The Kier molecular flexibility index (Phi) is 9.87. The highest BCUT2D eigenvalue weighted by molar-refractivity contribution is 6.33. The maximum atomic E-state index is 12.8. The number of nitrogens with zero attached hydrogens (tertiary/aromatic N) is 1. The second-order valence-electron chi connectivity index (χ2n) is 8.62. The topological polar surface area (TPSA) is 74.2 Å². The van der Waals surface area contributed by atoms with Crippen LogP contribution in [0.25, 0.3) is 0 Å². The molecule has 0 aliphatic heterocycles. The van der Waals surface area contributed by atoms with Crippen LogP contribution in [0.15, 0.2) is 12.3 Å². The second-order valence-corrected chi connectivity index (χ2v) is 9.03. The van der Waals surface area contributed by atoms with Gasteiger partial charge in [-0.15, -0.1) is 0 Å². The van der Waals surface area contributed by atoms with Crippen molar-refractivity contribution >= 4 is 17.5 Å². The summed E-state index contributed by atoms with van der Waals surface area (Å²) in [6.07, 6.45) is 13.2. The summed E-state index contributed by atoms with van der Waals surface area (Å²) >= 11 is 6.27. The van der Waals surface area contributed by atoms with Crippen LogP contribution < -0.4 is 10.6 Å². The van der Waals surface area contributed by atoms with Gasteiger partial charge in [-0.1, -0.05) is 44.7 Å². The van der Waals surface area contributed by atoms with E-state index in [4.69, 9.17) is 16.7 Å². The number of carbonyl (C=O) groups is 1. The first kappa shape index (κ1) is 24.1. The standard InChI is InChI=1S/C22H34ClN3O2.CH2/c23-20-15-25-18(7-3-10-24-11-4-12-27)13-19(20)21(28)26-16-22-8-1-5-17(14-22)6-2-9-22;/h13,15,17,24,27H,1-12,14,16H2,(H,26,28);1H2. The van der Waals surface area contributed by atoms with Crippen molar-refractivity contribution in [3.05, 3.63) is 36.0 Å². The molecule has 1 aromatic rings. The molecular formula is C23H36ClN3O2. The van der Waals surface area contributed by atoms with Gasteiger partial charge < -0.3 is 15.7 Å². The number of aromatic nitrogens is 1. The molecule has 6 heteroatoms.